The van der Waals surface area contributed by atoms with Gasteiger partial charge in [-0.2, -0.15) is 9.97 Å². The van der Waals surface area contributed by atoms with E-state index in [1.54, 1.807) is 0 Å². The maximum absolute atomic E-state index is 11.5. The van der Waals surface area contributed by atoms with Gasteiger partial charge in [0.15, 0.2) is 0 Å². The van der Waals surface area contributed by atoms with Crippen LogP contribution in [0.3, 0.4) is 0 Å². The Morgan fingerprint density at radius 3 is 2.35 bits per heavy atom. The monoisotopic (exact) mass is 240 g/mol. The number of aromatic nitrogens is 2. The number of anilines is 1. The highest BCUT2D eigenvalue weighted by atomic mass is 16.5. The fraction of sp³-hybridized carbons (Fsp3) is 0.500. The molecule has 0 aliphatic heterocycles. The minimum atomic E-state index is -0.587. The quantitative estimate of drug-likeness (QED) is 0.761. The van der Waals surface area contributed by atoms with Crippen LogP contribution in [-0.2, 0) is 4.79 Å². The lowest BCUT2D eigenvalue weighted by atomic mass is 10.2. The van der Waals surface area contributed by atoms with Crippen molar-refractivity contribution in [2.24, 2.45) is 5.73 Å². The first kappa shape index (κ1) is 13.2. The van der Waals surface area contributed by atoms with Gasteiger partial charge in [0.2, 0.25) is 23.6 Å². The van der Waals surface area contributed by atoms with Gasteiger partial charge in [0.05, 0.1) is 26.3 Å². The molecule has 7 heteroatoms. The molecule has 7 nitrogen and oxygen atoms in total. The molecule has 0 spiro atoms. The van der Waals surface area contributed by atoms with Crippen LogP contribution in [0.1, 0.15) is 13.3 Å². The molecule has 1 aromatic heterocycles. The standard InChI is InChI=1S/C10H16N4O3/c1-4-6(11)9(15)14-10-12-7(16-2)5-8(13-10)17-3/h5-6H,4,11H2,1-3H3,(H,12,13,14,15). The van der Waals surface area contributed by atoms with Crippen LogP contribution in [-0.4, -0.2) is 36.1 Å². The van der Waals surface area contributed by atoms with Crippen molar-refractivity contribution in [2.45, 2.75) is 19.4 Å². The summed E-state index contributed by atoms with van der Waals surface area (Å²) in [5.41, 5.74) is 5.58. The summed E-state index contributed by atoms with van der Waals surface area (Å²) in [6.45, 7) is 1.82. The van der Waals surface area contributed by atoms with Gasteiger partial charge in [-0.25, -0.2) is 0 Å². The molecular formula is C10H16N4O3. The van der Waals surface area contributed by atoms with Gasteiger partial charge in [-0.05, 0) is 6.42 Å². The minimum absolute atomic E-state index is 0.107. The Morgan fingerprint density at radius 1 is 1.41 bits per heavy atom. The number of carbonyl (C=O) groups excluding carboxylic acids is 1. The number of rotatable bonds is 5. The Labute approximate surface area is 99.3 Å². The average molecular weight is 240 g/mol. The summed E-state index contributed by atoms with van der Waals surface area (Å²) in [6.07, 6.45) is 0.535. The molecule has 0 saturated carbocycles. The smallest absolute Gasteiger partial charge is 0.243 e. The fourth-order valence-electron chi connectivity index (χ4n) is 1.06. The first-order chi connectivity index (χ1) is 8.10. The van der Waals surface area contributed by atoms with E-state index in [9.17, 15) is 4.79 Å². The van der Waals surface area contributed by atoms with E-state index >= 15 is 0 Å². The van der Waals surface area contributed by atoms with Gasteiger partial charge in [0, 0.05) is 0 Å². The molecule has 17 heavy (non-hydrogen) atoms. The van der Waals surface area contributed by atoms with E-state index in [0.29, 0.717) is 18.2 Å². The Kier molecular flexibility index (Phi) is 4.65. The zero-order chi connectivity index (χ0) is 12.8. The third kappa shape index (κ3) is 3.56. The molecule has 0 bridgehead atoms. The fourth-order valence-corrected chi connectivity index (χ4v) is 1.06. The average Bonchev–Trinajstić information content (AvgIpc) is 2.36. The van der Waals surface area contributed by atoms with Crippen molar-refractivity contribution < 1.29 is 14.3 Å². The van der Waals surface area contributed by atoms with Gasteiger partial charge in [-0.15, -0.1) is 0 Å². The lowest BCUT2D eigenvalue weighted by Crippen LogP contribution is -2.35. The molecule has 94 valence electrons. The summed E-state index contributed by atoms with van der Waals surface area (Å²) in [5.74, 6) is 0.368. The molecule has 0 saturated heterocycles. The number of ether oxygens (including phenoxy) is 2. The zero-order valence-electron chi connectivity index (χ0n) is 10.1. The largest absolute Gasteiger partial charge is 0.481 e. The van der Waals surface area contributed by atoms with E-state index in [1.807, 2.05) is 6.92 Å². The number of hydrogen-bond acceptors (Lipinski definition) is 6. The van der Waals surface area contributed by atoms with Gasteiger partial charge in [0.25, 0.3) is 0 Å². The van der Waals surface area contributed by atoms with Crippen LogP contribution in [0.25, 0.3) is 0 Å². The SMILES string of the molecule is CCC(N)C(=O)Nc1nc(OC)cc(OC)n1. The molecule has 1 amide bonds. The van der Waals surface area contributed by atoms with Crippen LogP contribution >= 0.6 is 0 Å². The number of nitrogens with zero attached hydrogens (tertiary/aromatic N) is 2. The van der Waals surface area contributed by atoms with Crippen LogP contribution in [0.4, 0.5) is 5.95 Å². The molecule has 1 aromatic rings. The Bertz CT molecular complexity index is 375. The molecule has 0 aliphatic rings. The third-order valence-electron chi connectivity index (χ3n) is 2.11. The molecule has 3 N–H and O–H groups in total. The number of nitrogens with two attached hydrogens (primary N) is 1. The van der Waals surface area contributed by atoms with Crippen molar-refractivity contribution in [1.29, 1.82) is 0 Å². The van der Waals surface area contributed by atoms with E-state index in [1.165, 1.54) is 20.3 Å². The van der Waals surface area contributed by atoms with E-state index in [4.69, 9.17) is 15.2 Å². The summed E-state index contributed by atoms with van der Waals surface area (Å²) < 4.78 is 9.90. The highest BCUT2D eigenvalue weighted by molar-refractivity contribution is 5.93. The second kappa shape index (κ2) is 6.00. The Balaban J connectivity index is 2.86. The van der Waals surface area contributed by atoms with E-state index in [2.05, 4.69) is 15.3 Å². The number of nitrogens with one attached hydrogen (secondary N) is 1. The number of hydrogen-bond donors (Lipinski definition) is 2. The molecule has 1 unspecified atom stereocenters. The summed E-state index contributed by atoms with van der Waals surface area (Å²) in [7, 11) is 2.93. The zero-order valence-corrected chi connectivity index (χ0v) is 10.1. The van der Waals surface area contributed by atoms with Crippen molar-refractivity contribution >= 4 is 11.9 Å². The van der Waals surface area contributed by atoms with Gasteiger partial charge < -0.3 is 15.2 Å². The van der Waals surface area contributed by atoms with Gasteiger partial charge in [-0.1, -0.05) is 6.92 Å². The van der Waals surface area contributed by atoms with Crippen molar-refractivity contribution in [1.82, 2.24) is 9.97 Å². The summed E-state index contributed by atoms with van der Waals surface area (Å²) in [6, 6.07) is 0.922. The molecular weight excluding hydrogens is 224 g/mol. The van der Waals surface area contributed by atoms with Gasteiger partial charge >= 0.3 is 0 Å². The highest BCUT2D eigenvalue weighted by Crippen LogP contribution is 2.17. The molecule has 0 fully saturated rings. The minimum Gasteiger partial charge on any atom is -0.481 e. The van der Waals surface area contributed by atoms with Crippen molar-refractivity contribution in [3.05, 3.63) is 6.07 Å². The predicted molar refractivity (Wildman–Crippen MR) is 62.0 cm³/mol. The van der Waals surface area contributed by atoms with Crippen LogP contribution in [0.5, 0.6) is 11.8 Å². The molecule has 1 heterocycles. The normalized spacial score (nSPS) is 11.8. The predicted octanol–water partition coefficient (Wildman–Crippen LogP) is 0.170. The topological polar surface area (TPSA) is 99.4 Å². The first-order valence-corrected chi connectivity index (χ1v) is 5.14. The number of methoxy groups -OCH3 is 2. The second-order valence-electron chi connectivity index (χ2n) is 3.28. The van der Waals surface area contributed by atoms with Crippen LogP contribution < -0.4 is 20.5 Å². The molecule has 1 rings (SSSR count). The van der Waals surface area contributed by atoms with Crippen LogP contribution in [0.15, 0.2) is 6.07 Å². The second-order valence-corrected chi connectivity index (χ2v) is 3.28. The number of carbonyl (C=O) groups is 1. The summed E-state index contributed by atoms with van der Waals surface area (Å²) in [5, 5.41) is 2.50. The molecule has 0 aromatic carbocycles. The summed E-state index contributed by atoms with van der Waals surface area (Å²) in [4.78, 5) is 19.5. The lowest BCUT2D eigenvalue weighted by molar-refractivity contribution is -0.117. The number of amides is 1. The Morgan fingerprint density at radius 2 is 1.94 bits per heavy atom. The summed E-state index contributed by atoms with van der Waals surface area (Å²) >= 11 is 0. The van der Waals surface area contributed by atoms with Crippen LogP contribution in [0, 0.1) is 0 Å². The maximum Gasteiger partial charge on any atom is 0.243 e. The molecule has 1 atom stereocenters. The van der Waals surface area contributed by atoms with Gasteiger partial charge in [-0.3, -0.25) is 10.1 Å². The first-order valence-electron chi connectivity index (χ1n) is 5.14. The highest BCUT2D eigenvalue weighted by Gasteiger charge is 2.14. The molecule has 0 radical (unpaired) electrons. The van der Waals surface area contributed by atoms with E-state index in [0.717, 1.165) is 0 Å². The molecule has 0 aliphatic carbocycles. The third-order valence-corrected chi connectivity index (χ3v) is 2.11. The van der Waals surface area contributed by atoms with Crippen LogP contribution in [0.2, 0.25) is 0 Å². The Hall–Kier alpha value is -1.89. The van der Waals surface area contributed by atoms with E-state index < -0.39 is 6.04 Å². The van der Waals surface area contributed by atoms with Crippen molar-refractivity contribution in [3.8, 4) is 11.8 Å². The van der Waals surface area contributed by atoms with Crippen molar-refractivity contribution in [3.63, 3.8) is 0 Å². The van der Waals surface area contributed by atoms with E-state index in [-0.39, 0.29) is 11.9 Å². The van der Waals surface area contributed by atoms with Crippen molar-refractivity contribution in [2.75, 3.05) is 19.5 Å². The van der Waals surface area contributed by atoms with Gasteiger partial charge in [0.1, 0.15) is 0 Å². The lowest BCUT2D eigenvalue weighted by Gasteiger charge is -2.10. The maximum atomic E-state index is 11.5.